The molecule has 5 aromatic rings. The Bertz CT molecular complexity index is 1540. The van der Waals surface area contributed by atoms with Crippen LogP contribution < -0.4 is 5.56 Å². The number of hydrogen-bond donors (Lipinski definition) is 0. The van der Waals surface area contributed by atoms with Crippen molar-refractivity contribution in [3.63, 3.8) is 0 Å². The van der Waals surface area contributed by atoms with E-state index < -0.39 is 0 Å². The van der Waals surface area contributed by atoms with Crippen LogP contribution >= 0.6 is 11.3 Å². The van der Waals surface area contributed by atoms with Crippen LogP contribution in [0.5, 0.6) is 0 Å². The van der Waals surface area contributed by atoms with Crippen molar-refractivity contribution >= 4 is 21.6 Å². The van der Waals surface area contributed by atoms with E-state index in [0.717, 1.165) is 32.0 Å². The van der Waals surface area contributed by atoms with E-state index in [9.17, 15) is 10.1 Å². The molecular formula is C27H19N3OS. The van der Waals surface area contributed by atoms with Crippen LogP contribution in [0.15, 0.2) is 89.7 Å². The van der Waals surface area contributed by atoms with Crippen LogP contribution in [-0.2, 0) is 6.54 Å². The van der Waals surface area contributed by atoms with Crippen molar-refractivity contribution in [1.82, 2.24) is 9.55 Å². The van der Waals surface area contributed by atoms with E-state index in [0.29, 0.717) is 23.3 Å². The highest BCUT2D eigenvalue weighted by Crippen LogP contribution is 2.32. The fourth-order valence-electron chi connectivity index (χ4n) is 3.83. The topological polar surface area (TPSA) is 58.7 Å². The van der Waals surface area contributed by atoms with Crippen LogP contribution in [-0.4, -0.2) is 9.55 Å². The molecule has 154 valence electrons. The highest BCUT2D eigenvalue weighted by molar-refractivity contribution is 7.21. The van der Waals surface area contributed by atoms with Gasteiger partial charge in [0.25, 0.3) is 5.56 Å². The van der Waals surface area contributed by atoms with Crippen LogP contribution in [0.25, 0.3) is 32.0 Å². The average Bonchev–Trinajstić information content (AvgIpc) is 3.26. The molecule has 0 saturated carbocycles. The van der Waals surface area contributed by atoms with Crippen LogP contribution in [0.3, 0.4) is 0 Å². The highest BCUT2D eigenvalue weighted by atomic mass is 32.1. The smallest absolute Gasteiger partial charge is 0.262 e. The summed E-state index contributed by atoms with van der Waals surface area (Å²) in [5, 5.41) is 9.88. The van der Waals surface area contributed by atoms with E-state index in [-0.39, 0.29) is 5.56 Å². The van der Waals surface area contributed by atoms with Gasteiger partial charge in [-0.2, -0.15) is 5.26 Å². The van der Waals surface area contributed by atoms with Crippen molar-refractivity contribution in [1.29, 1.82) is 5.26 Å². The number of aryl methyl sites for hydroxylation is 1. The Balaban J connectivity index is 1.73. The molecule has 0 aliphatic carbocycles. The van der Waals surface area contributed by atoms with Crippen molar-refractivity contribution in [3.8, 4) is 27.9 Å². The Kier molecular flexibility index (Phi) is 5.14. The summed E-state index contributed by atoms with van der Waals surface area (Å²) in [6.07, 6.45) is 0. The Hall–Kier alpha value is -4.01. The monoisotopic (exact) mass is 433 g/mol. The second kappa shape index (κ2) is 8.26. The van der Waals surface area contributed by atoms with Gasteiger partial charge in [-0.3, -0.25) is 9.36 Å². The molecule has 0 radical (unpaired) electrons. The van der Waals surface area contributed by atoms with E-state index in [1.54, 1.807) is 10.6 Å². The minimum absolute atomic E-state index is 0.0766. The number of thiophene rings is 1. The van der Waals surface area contributed by atoms with Crippen LogP contribution in [0.4, 0.5) is 0 Å². The molecule has 0 atom stereocenters. The molecule has 32 heavy (non-hydrogen) atoms. The van der Waals surface area contributed by atoms with Gasteiger partial charge in [-0.25, -0.2) is 4.98 Å². The third-order valence-corrected chi connectivity index (χ3v) is 6.46. The fraction of sp³-hybridized carbons (Fsp3) is 0.0741. The van der Waals surface area contributed by atoms with Gasteiger partial charge in [-0.15, -0.1) is 11.3 Å². The van der Waals surface area contributed by atoms with Crippen molar-refractivity contribution < 1.29 is 0 Å². The molecule has 0 bridgehead atoms. The van der Waals surface area contributed by atoms with Gasteiger partial charge in [0.1, 0.15) is 10.7 Å². The predicted molar refractivity (Wildman–Crippen MR) is 130 cm³/mol. The molecule has 0 amide bonds. The number of nitrogens with zero attached hydrogens (tertiary/aromatic N) is 3. The largest absolute Gasteiger partial charge is 0.288 e. The summed E-state index contributed by atoms with van der Waals surface area (Å²) in [5.41, 5.74) is 4.46. The molecule has 3 aromatic carbocycles. The number of aromatic nitrogens is 2. The zero-order valence-corrected chi connectivity index (χ0v) is 18.3. The first-order valence-electron chi connectivity index (χ1n) is 10.3. The quantitative estimate of drug-likeness (QED) is 0.348. The van der Waals surface area contributed by atoms with Crippen molar-refractivity contribution in [2.45, 2.75) is 13.5 Å². The molecule has 0 N–H and O–H groups in total. The molecule has 0 fully saturated rings. The normalized spacial score (nSPS) is 10.9. The minimum atomic E-state index is -0.0766. The van der Waals surface area contributed by atoms with Gasteiger partial charge in [0.05, 0.1) is 23.6 Å². The number of nitriles is 1. The lowest BCUT2D eigenvalue weighted by Gasteiger charge is -2.13. The zero-order chi connectivity index (χ0) is 22.1. The summed E-state index contributed by atoms with van der Waals surface area (Å²) in [4.78, 5) is 20.4. The summed E-state index contributed by atoms with van der Waals surface area (Å²) in [7, 11) is 0. The number of benzene rings is 3. The maximum atomic E-state index is 13.7. The molecule has 5 rings (SSSR count). The first kappa shape index (κ1) is 19.9. The Labute approximate surface area is 189 Å². The van der Waals surface area contributed by atoms with E-state index in [2.05, 4.69) is 6.07 Å². The Morgan fingerprint density at radius 1 is 0.938 bits per heavy atom. The Morgan fingerprint density at radius 3 is 2.50 bits per heavy atom. The molecule has 0 unspecified atom stereocenters. The first-order chi connectivity index (χ1) is 15.6. The zero-order valence-electron chi connectivity index (χ0n) is 17.4. The van der Waals surface area contributed by atoms with Crippen molar-refractivity contribution in [2.24, 2.45) is 0 Å². The van der Waals surface area contributed by atoms with Crippen molar-refractivity contribution in [2.75, 3.05) is 0 Å². The van der Waals surface area contributed by atoms with Gasteiger partial charge in [0.2, 0.25) is 0 Å². The molecule has 2 heterocycles. The third kappa shape index (κ3) is 3.73. The van der Waals surface area contributed by atoms with Gasteiger partial charge >= 0.3 is 0 Å². The molecule has 0 aliphatic rings. The lowest BCUT2D eigenvalue weighted by Crippen LogP contribution is -2.23. The first-order valence-corrected chi connectivity index (χ1v) is 11.1. The summed E-state index contributed by atoms with van der Waals surface area (Å²) in [6, 6.07) is 29.5. The van der Waals surface area contributed by atoms with E-state index >= 15 is 0 Å². The third-order valence-electron chi connectivity index (χ3n) is 5.38. The SMILES string of the molecule is Cc1cccc(-c2nc3sc(-c4ccccc4)cc3c(=O)n2Cc2cccc(C#N)c2)c1. The molecule has 0 aliphatic heterocycles. The summed E-state index contributed by atoms with van der Waals surface area (Å²) in [5.74, 6) is 0.634. The number of rotatable bonds is 4. The molecule has 4 nitrogen and oxygen atoms in total. The lowest BCUT2D eigenvalue weighted by atomic mass is 10.1. The average molecular weight is 434 g/mol. The van der Waals surface area contributed by atoms with Gasteiger partial charge in [0, 0.05) is 10.4 Å². The lowest BCUT2D eigenvalue weighted by molar-refractivity contribution is 0.760. The minimum Gasteiger partial charge on any atom is -0.288 e. The second-order valence-corrected chi connectivity index (χ2v) is 8.73. The molecular weight excluding hydrogens is 414 g/mol. The van der Waals surface area contributed by atoms with Gasteiger partial charge in [-0.1, -0.05) is 66.2 Å². The van der Waals surface area contributed by atoms with E-state index in [4.69, 9.17) is 4.98 Å². The summed E-state index contributed by atoms with van der Waals surface area (Å²) < 4.78 is 1.72. The summed E-state index contributed by atoms with van der Waals surface area (Å²) in [6.45, 7) is 2.37. The van der Waals surface area contributed by atoms with Crippen LogP contribution in [0.2, 0.25) is 0 Å². The maximum Gasteiger partial charge on any atom is 0.262 e. The number of fused-ring (bicyclic) bond motifs is 1. The summed E-state index contributed by atoms with van der Waals surface area (Å²) >= 11 is 1.53. The van der Waals surface area contributed by atoms with E-state index in [1.165, 1.54) is 11.3 Å². The molecule has 5 heteroatoms. The predicted octanol–water partition coefficient (Wildman–Crippen LogP) is 6.02. The number of hydrogen-bond acceptors (Lipinski definition) is 4. The van der Waals surface area contributed by atoms with E-state index in [1.807, 2.05) is 85.8 Å². The standard InChI is InChI=1S/C27H19N3OS/c1-18-7-5-12-22(13-18)25-29-26-23(15-24(32-26)21-10-3-2-4-11-21)27(31)30(25)17-20-9-6-8-19(14-20)16-28/h2-15H,17H2,1H3. The molecule has 0 saturated heterocycles. The molecule has 0 spiro atoms. The van der Waals surface area contributed by atoms with Crippen LogP contribution in [0, 0.1) is 18.3 Å². The Morgan fingerprint density at radius 2 is 1.72 bits per heavy atom. The second-order valence-electron chi connectivity index (χ2n) is 7.70. The van der Waals surface area contributed by atoms with Gasteiger partial charge < -0.3 is 0 Å². The van der Waals surface area contributed by atoms with Gasteiger partial charge in [0.15, 0.2) is 0 Å². The highest BCUT2D eigenvalue weighted by Gasteiger charge is 2.17. The van der Waals surface area contributed by atoms with Crippen LogP contribution in [0.1, 0.15) is 16.7 Å². The fourth-order valence-corrected chi connectivity index (χ4v) is 4.86. The maximum absolute atomic E-state index is 13.7. The van der Waals surface area contributed by atoms with Gasteiger partial charge in [-0.05, 0) is 42.3 Å². The van der Waals surface area contributed by atoms with Crippen molar-refractivity contribution in [3.05, 3.63) is 112 Å². The molecule has 2 aromatic heterocycles.